The maximum atomic E-state index is 11.0. The summed E-state index contributed by atoms with van der Waals surface area (Å²) in [5.74, 6) is 0.717. The zero-order chi connectivity index (χ0) is 17.4. The van der Waals surface area contributed by atoms with E-state index >= 15 is 0 Å². The van der Waals surface area contributed by atoms with Crippen LogP contribution in [0.2, 0.25) is 0 Å². The molecule has 2 rings (SSSR count). The zero-order valence-corrected chi connectivity index (χ0v) is 14.9. The van der Waals surface area contributed by atoms with Crippen LogP contribution in [0.1, 0.15) is 12.0 Å². The highest BCUT2D eigenvalue weighted by atomic mass is 32.2. The fourth-order valence-corrected chi connectivity index (χ4v) is 2.94. The number of fused-ring (bicyclic) bond motifs is 1. The Morgan fingerprint density at radius 1 is 1.17 bits per heavy atom. The molecule has 0 aliphatic heterocycles. The lowest BCUT2D eigenvalue weighted by molar-refractivity contribution is 0.584. The molecule has 1 heterocycles. The largest absolute Gasteiger partial charge is 0.361 e. The van der Waals surface area contributed by atoms with Crippen LogP contribution in [0, 0.1) is 0 Å². The predicted molar refractivity (Wildman–Crippen MR) is 98.8 cm³/mol. The summed E-state index contributed by atoms with van der Waals surface area (Å²) in [7, 11) is -1.40. The molecule has 0 amide bonds. The maximum absolute atomic E-state index is 11.0. The molecular weight excluding hydrogens is 326 g/mol. The van der Waals surface area contributed by atoms with Crippen molar-refractivity contribution in [1.82, 2.24) is 20.3 Å². The normalized spacial score (nSPS) is 12.5. The zero-order valence-electron chi connectivity index (χ0n) is 14.1. The lowest BCUT2D eigenvalue weighted by atomic mass is 10.1. The third kappa shape index (κ3) is 5.86. The van der Waals surface area contributed by atoms with Gasteiger partial charge in [0.05, 0.1) is 6.26 Å². The summed E-state index contributed by atoms with van der Waals surface area (Å²) < 4.78 is 24.4. The number of rotatable bonds is 8. The number of aromatic nitrogens is 1. The second-order valence-corrected chi connectivity index (χ2v) is 7.39. The van der Waals surface area contributed by atoms with Crippen molar-refractivity contribution in [3.63, 3.8) is 0 Å². The van der Waals surface area contributed by atoms with E-state index in [0.29, 0.717) is 25.5 Å². The van der Waals surface area contributed by atoms with E-state index in [0.717, 1.165) is 24.7 Å². The standard InChI is InChI=1S/C16H25N5O2S/c1-17-16(18-9-5-10-21-24(2,22)23)19-11-8-13-12-20-15-7-4-3-6-14(13)15/h3-4,6-7,12,20-21H,5,8-11H2,1-2H3,(H2,17,18,19). The number of hydrogen-bond acceptors (Lipinski definition) is 3. The van der Waals surface area contributed by atoms with Gasteiger partial charge in [-0.1, -0.05) is 18.2 Å². The number of benzene rings is 1. The van der Waals surface area contributed by atoms with Gasteiger partial charge in [-0.15, -0.1) is 0 Å². The molecule has 8 heteroatoms. The fourth-order valence-electron chi connectivity index (χ4n) is 2.43. The third-order valence-electron chi connectivity index (χ3n) is 3.60. The number of nitrogens with one attached hydrogen (secondary N) is 4. The van der Waals surface area contributed by atoms with Gasteiger partial charge in [0, 0.05) is 43.8 Å². The van der Waals surface area contributed by atoms with Gasteiger partial charge < -0.3 is 15.6 Å². The monoisotopic (exact) mass is 351 g/mol. The summed E-state index contributed by atoms with van der Waals surface area (Å²) in [6.45, 7) is 1.83. The van der Waals surface area contributed by atoms with Gasteiger partial charge in [0.1, 0.15) is 0 Å². The Labute approximate surface area is 143 Å². The van der Waals surface area contributed by atoms with Crippen LogP contribution in [-0.2, 0) is 16.4 Å². The Kier molecular flexibility index (Phi) is 6.62. The molecule has 0 saturated carbocycles. The molecule has 0 atom stereocenters. The molecule has 1 aromatic carbocycles. The lowest BCUT2D eigenvalue weighted by Crippen LogP contribution is -2.39. The average Bonchev–Trinajstić information content (AvgIpc) is 2.95. The van der Waals surface area contributed by atoms with Gasteiger partial charge in [-0.05, 0) is 24.5 Å². The molecule has 0 aliphatic carbocycles. The van der Waals surface area contributed by atoms with Crippen LogP contribution in [0.4, 0.5) is 0 Å². The Morgan fingerprint density at radius 3 is 2.67 bits per heavy atom. The number of H-pyrrole nitrogens is 1. The third-order valence-corrected chi connectivity index (χ3v) is 4.32. The summed E-state index contributed by atoms with van der Waals surface area (Å²) in [5.41, 5.74) is 2.42. The molecule has 7 nitrogen and oxygen atoms in total. The van der Waals surface area contributed by atoms with Crippen LogP contribution in [0.3, 0.4) is 0 Å². The highest BCUT2D eigenvalue weighted by Gasteiger charge is 2.04. The van der Waals surface area contributed by atoms with E-state index in [2.05, 4.69) is 37.5 Å². The van der Waals surface area contributed by atoms with E-state index in [4.69, 9.17) is 0 Å². The van der Waals surface area contributed by atoms with Crippen LogP contribution in [0.15, 0.2) is 35.5 Å². The van der Waals surface area contributed by atoms with Crippen molar-refractivity contribution in [2.24, 2.45) is 4.99 Å². The first kappa shape index (κ1) is 18.3. The Balaban J connectivity index is 1.70. The highest BCUT2D eigenvalue weighted by molar-refractivity contribution is 7.88. The van der Waals surface area contributed by atoms with Crippen LogP contribution in [-0.4, -0.2) is 52.3 Å². The fraction of sp³-hybridized carbons (Fsp3) is 0.438. The van der Waals surface area contributed by atoms with Crippen molar-refractivity contribution in [2.45, 2.75) is 12.8 Å². The molecule has 0 radical (unpaired) electrons. The number of nitrogens with zero attached hydrogens (tertiary/aromatic N) is 1. The van der Waals surface area contributed by atoms with Crippen molar-refractivity contribution < 1.29 is 8.42 Å². The predicted octanol–water partition coefficient (Wildman–Crippen LogP) is 0.815. The van der Waals surface area contributed by atoms with Gasteiger partial charge in [-0.25, -0.2) is 13.1 Å². The van der Waals surface area contributed by atoms with Gasteiger partial charge in [0.25, 0.3) is 0 Å². The minimum atomic E-state index is -3.11. The molecule has 0 aliphatic rings. The topological polar surface area (TPSA) is 98.4 Å². The molecule has 0 unspecified atom stereocenters. The average molecular weight is 351 g/mol. The van der Waals surface area contributed by atoms with Crippen LogP contribution < -0.4 is 15.4 Å². The maximum Gasteiger partial charge on any atom is 0.208 e. The molecule has 24 heavy (non-hydrogen) atoms. The molecular formula is C16H25N5O2S. The molecule has 132 valence electrons. The van der Waals surface area contributed by atoms with Gasteiger partial charge >= 0.3 is 0 Å². The summed E-state index contributed by atoms with van der Waals surface area (Å²) in [6.07, 6.45) is 4.78. The van der Waals surface area contributed by atoms with Crippen molar-refractivity contribution in [3.8, 4) is 0 Å². The first-order valence-corrected chi connectivity index (χ1v) is 9.83. The van der Waals surface area contributed by atoms with Crippen molar-refractivity contribution in [3.05, 3.63) is 36.0 Å². The van der Waals surface area contributed by atoms with Gasteiger partial charge in [-0.2, -0.15) is 0 Å². The Bertz CT molecular complexity index is 783. The first-order chi connectivity index (χ1) is 11.5. The van der Waals surface area contributed by atoms with E-state index in [1.807, 2.05) is 18.3 Å². The van der Waals surface area contributed by atoms with Gasteiger partial charge in [0.2, 0.25) is 10.0 Å². The van der Waals surface area contributed by atoms with Crippen molar-refractivity contribution in [2.75, 3.05) is 32.9 Å². The van der Waals surface area contributed by atoms with E-state index < -0.39 is 10.0 Å². The van der Waals surface area contributed by atoms with Crippen LogP contribution in [0.5, 0.6) is 0 Å². The molecule has 2 aromatic rings. The number of para-hydroxylation sites is 1. The highest BCUT2D eigenvalue weighted by Crippen LogP contribution is 2.17. The number of aliphatic imine (C=N–C) groups is 1. The Hall–Kier alpha value is -2.06. The first-order valence-electron chi connectivity index (χ1n) is 7.94. The SMILES string of the molecule is CN=C(NCCCNS(C)(=O)=O)NCCc1c[nH]c2ccccc12. The number of guanidine groups is 1. The molecule has 0 saturated heterocycles. The summed E-state index contributed by atoms with van der Waals surface area (Å²) in [4.78, 5) is 7.43. The van der Waals surface area contributed by atoms with E-state index in [-0.39, 0.29) is 0 Å². The minimum Gasteiger partial charge on any atom is -0.361 e. The molecule has 0 spiro atoms. The van der Waals surface area contributed by atoms with Gasteiger partial charge in [0.15, 0.2) is 5.96 Å². The second-order valence-electron chi connectivity index (χ2n) is 5.56. The quantitative estimate of drug-likeness (QED) is 0.321. The Morgan fingerprint density at radius 2 is 1.92 bits per heavy atom. The van der Waals surface area contributed by atoms with Gasteiger partial charge in [-0.3, -0.25) is 4.99 Å². The molecule has 4 N–H and O–H groups in total. The number of sulfonamides is 1. The molecule has 0 bridgehead atoms. The van der Waals surface area contributed by atoms with Crippen LogP contribution >= 0.6 is 0 Å². The molecule has 0 fully saturated rings. The van der Waals surface area contributed by atoms with E-state index in [1.165, 1.54) is 10.9 Å². The molecule has 1 aromatic heterocycles. The number of aromatic amines is 1. The summed E-state index contributed by atoms with van der Waals surface area (Å²) >= 11 is 0. The van der Waals surface area contributed by atoms with E-state index in [9.17, 15) is 8.42 Å². The van der Waals surface area contributed by atoms with Crippen molar-refractivity contribution >= 4 is 26.9 Å². The second kappa shape index (κ2) is 8.70. The lowest BCUT2D eigenvalue weighted by Gasteiger charge is -2.11. The minimum absolute atomic E-state index is 0.415. The smallest absolute Gasteiger partial charge is 0.208 e. The van der Waals surface area contributed by atoms with E-state index in [1.54, 1.807) is 7.05 Å². The van der Waals surface area contributed by atoms with Crippen molar-refractivity contribution in [1.29, 1.82) is 0 Å². The summed E-state index contributed by atoms with van der Waals surface area (Å²) in [5, 5.41) is 7.68. The summed E-state index contributed by atoms with van der Waals surface area (Å²) in [6, 6.07) is 8.24. The number of hydrogen-bond donors (Lipinski definition) is 4. The van der Waals surface area contributed by atoms with Crippen LogP contribution in [0.25, 0.3) is 10.9 Å².